The van der Waals surface area contributed by atoms with Gasteiger partial charge in [0.05, 0.1) is 0 Å². The minimum Gasteiger partial charge on any atom is -0.436 e. The zero-order chi connectivity index (χ0) is 19.8. The van der Waals surface area contributed by atoms with Crippen molar-refractivity contribution in [3.8, 4) is 33.7 Å². The summed E-state index contributed by atoms with van der Waals surface area (Å²) in [6.07, 6.45) is 0. The van der Waals surface area contributed by atoms with Crippen molar-refractivity contribution in [3.63, 3.8) is 0 Å². The van der Waals surface area contributed by atoms with Crippen LogP contribution >= 0.6 is 23.2 Å². The van der Waals surface area contributed by atoms with Crippen molar-refractivity contribution >= 4 is 34.3 Å². The number of hydrogen-bond acceptors (Lipinski definition) is 2. The van der Waals surface area contributed by atoms with Gasteiger partial charge < -0.3 is 4.42 Å². The molecule has 0 spiro atoms. The molecule has 5 aromatic rings. The topological polar surface area (TPSA) is 26.0 Å². The van der Waals surface area contributed by atoms with Crippen LogP contribution in [0.5, 0.6) is 0 Å². The summed E-state index contributed by atoms with van der Waals surface area (Å²) in [6.45, 7) is 0. The van der Waals surface area contributed by atoms with Crippen molar-refractivity contribution in [2.45, 2.75) is 0 Å². The van der Waals surface area contributed by atoms with Crippen molar-refractivity contribution in [2.24, 2.45) is 0 Å². The lowest BCUT2D eigenvalue weighted by molar-refractivity contribution is 0.620. The summed E-state index contributed by atoms with van der Waals surface area (Å²) < 4.78 is 6.16. The molecule has 0 bridgehead atoms. The Labute approximate surface area is 178 Å². The second-order valence-corrected chi connectivity index (χ2v) is 7.65. The van der Waals surface area contributed by atoms with Crippen LogP contribution in [0.15, 0.2) is 95.4 Å². The molecule has 0 amide bonds. The molecule has 2 nitrogen and oxygen atoms in total. The van der Waals surface area contributed by atoms with E-state index in [0.717, 1.165) is 38.9 Å². The molecule has 0 aliphatic carbocycles. The fourth-order valence-electron chi connectivity index (χ4n) is 3.47. The maximum atomic E-state index is 6.18. The van der Waals surface area contributed by atoms with Crippen LogP contribution in [-0.4, -0.2) is 4.98 Å². The zero-order valence-corrected chi connectivity index (χ0v) is 16.8. The zero-order valence-electron chi connectivity index (χ0n) is 15.3. The molecule has 0 atom stereocenters. The quantitative estimate of drug-likeness (QED) is 0.297. The first kappa shape index (κ1) is 18.0. The number of halogens is 2. The first-order chi connectivity index (χ1) is 14.2. The Kier molecular flexibility index (Phi) is 4.59. The third-order valence-corrected chi connectivity index (χ3v) is 5.23. The summed E-state index contributed by atoms with van der Waals surface area (Å²) in [6, 6.07) is 29.9. The first-order valence-electron chi connectivity index (χ1n) is 9.19. The van der Waals surface area contributed by atoms with Gasteiger partial charge in [-0.05, 0) is 47.0 Å². The third kappa shape index (κ3) is 3.53. The summed E-state index contributed by atoms with van der Waals surface area (Å²) in [5.74, 6) is 0.492. The molecule has 5 rings (SSSR count). The average molecular weight is 416 g/mol. The van der Waals surface area contributed by atoms with Crippen LogP contribution in [0.4, 0.5) is 0 Å². The summed E-state index contributed by atoms with van der Waals surface area (Å²) in [4.78, 5) is 4.79. The van der Waals surface area contributed by atoms with Gasteiger partial charge in [-0.25, -0.2) is 4.98 Å². The normalized spacial score (nSPS) is 11.1. The van der Waals surface area contributed by atoms with Gasteiger partial charge in [0.1, 0.15) is 5.52 Å². The Morgan fingerprint density at radius 1 is 0.586 bits per heavy atom. The predicted octanol–water partition coefficient (Wildman–Crippen LogP) is 8.14. The molecule has 29 heavy (non-hydrogen) atoms. The van der Waals surface area contributed by atoms with Gasteiger partial charge in [0.2, 0.25) is 5.89 Å². The number of nitrogens with zero attached hydrogens (tertiary/aromatic N) is 1. The van der Waals surface area contributed by atoms with Crippen LogP contribution < -0.4 is 0 Å². The molecule has 140 valence electrons. The summed E-state index contributed by atoms with van der Waals surface area (Å²) in [5.41, 5.74) is 6.57. The lowest BCUT2D eigenvalue weighted by Gasteiger charge is -2.07. The largest absolute Gasteiger partial charge is 0.436 e. The highest BCUT2D eigenvalue weighted by Crippen LogP contribution is 2.37. The third-order valence-electron chi connectivity index (χ3n) is 4.80. The van der Waals surface area contributed by atoms with E-state index in [-0.39, 0.29) is 0 Å². The number of benzene rings is 4. The van der Waals surface area contributed by atoms with E-state index < -0.39 is 0 Å². The fraction of sp³-hybridized carbons (Fsp3) is 0. The van der Waals surface area contributed by atoms with E-state index in [4.69, 9.17) is 32.6 Å². The van der Waals surface area contributed by atoms with Crippen LogP contribution in [0.2, 0.25) is 10.0 Å². The van der Waals surface area contributed by atoms with Gasteiger partial charge in [0.15, 0.2) is 5.58 Å². The molecule has 1 aromatic heterocycles. The van der Waals surface area contributed by atoms with Crippen LogP contribution in [0.3, 0.4) is 0 Å². The van der Waals surface area contributed by atoms with Gasteiger partial charge in [-0.3, -0.25) is 0 Å². The van der Waals surface area contributed by atoms with Gasteiger partial charge in [-0.2, -0.15) is 0 Å². The minimum absolute atomic E-state index is 0.492. The van der Waals surface area contributed by atoms with Crippen molar-refractivity contribution in [3.05, 3.63) is 101 Å². The van der Waals surface area contributed by atoms with E-state index in [1.165, 1.54) is 0 Å². The van der Waals surface area contributed by atoms with E-state index in [1.807, 2.05) is 42.5 Å². The Balaban J connectivity index is 1.77. The average Bonchev–Trinajstić information content (AvgIpc) is 3.18. The fourth-order valence-corrected chi connectivity index (χ4v) is 3.99. The van der Waals surface area contributed by atoms with Crippen molar-refractivity contribution in [1.82, 2.24) is 4.98 Å². The lowest BCUT2D eigenvalue weighted by atomic mass is 9.98. The molecule has 0 N–H and O–H groups in total. The van der Waals surface area contributed by atoms with Crippen molar-refractivity contribution in [2.75, 3.05) is 0 Å². The SMILES string of the molecule is Clc1cc(Cl)cc(-c2nc3c(-c4ccccc4)cc(-c4ccccc4)cc3o2)c1. The predicted molar refractivity (Wildman–Crippen MR) is 120 cm³/mol. The highest BCUT2D eigenvalue weighted by Gasteiger charge is 2.16. The molecule has 0 saturated carbocycles. The Morgan fingerprint density at radius 3 is 1.86 bits per heavy atom. The van der Waals surface area contributed by atoms with Crippen molar-refractivity contribution < 1.29 is 4.42 Å². The van der Waals surface area contributed by atoms with Gasteiger partial charge in [-0.15, -0.1) is 0 Å². The monoisotopic (exact) mass is 415 g/mol. The molecule has 1 heterocycles. The van der Waals surface area contributed by atoms with E-state index in [2.05, 4.69) is 30.3 Å². The van der Waals surface area contributed by atoms with Crippen LogP contribution in [0.1, 0.15) is 0 Å². The van der Waals surface area contributed by atoms with E-state index in [0.29, 0.717) is 15.9 Å². The second-order valence-electron chi connectivity index (χ2n) is 6.78. The molecule has 0 aliphatic rings. The summed E-state index contributed by atoms with van der Waals surface area (Å²) in [5, 5.41) is 1.09. The molecule has 4 heteroatoms. The Morgan fingerprint density at radius 2 is 1.21 bits per heavy atom. The number of hydrogen-bond donors (Lipinski definition) is 0. The van der Waals surface area contributed by atoms with E-state index >= 15 is 0 Å². The van der Waals surface area contributed by atoms with Crippen molar-refractivity contribution in [1.29, 1.82) is 0 Å². The Bertz CT molecular complexity index is 1290. The van der Waals surface area contributed by atoms with E-state index in [9.17, 15) is 0 Å². The molecule has 0 unspecified atom stereocenters. The van der Waals surface area contributed by atoms with Crippen LogP contribution in [0, 0.1) is 0 Å². The number of fused-ring (bicyclic) bond motifs is 1. The lowest BCUT2D eigenvalue weighted by Crippen LogP contribution is -1.84. The molecule has 0 radical (unpaired) electrons. The second kappa shape index (κ2) is 7.40. The van der Waals surface area contributed by atoms with Gasteiger partial charge in [0.25, 0.3) is 0 Å². The van der Waals surface area contributed by atoms with Gasteiger partial charge >= 0.3 is 0 Å². The maximum Gasteiger partial charge on any atom is 0.227 e. The molecular formula is C25H15Cl2NO. The van der Waals surface area contributed by atoms with Gasteiger partial charge in [0, 0.05) is 21.2 Å². The van der Waals surface area contributed by atoms with Crippen LogP contribution in [-0.2, 0) is 0 Å². The molecule has 0 aliphatic heterocycles. The molecule has 0 fully saturated rings. The summed E-state index contributed by atoms with van der Waals surface area (Å²) >= 11 is 12.4. The first-order valence-corrected chi connectivity index (χ1v) is 9.95. The highest BCUT2D eigenvalue weighted by molar-refractivity contribution is 6.35. The van der Waals surface area contributed by atoms with E-state index in [1.54, 1.807) is 18.2 Å². The number of oxazole rings is 1. The molecular weight excluding hydrogens is 401 g/mol. The smallest absolute Gasteiger partial charge is 0.227 e. The highest BCUT2D eigenvalue weighted by atomic mass is 35.5. The molecule has 0 saturated heterocycles. The summed E-state index contributed by atoms with van der Waals surface area (Å²) in [7, 11) is 0. The molecule has 4 aromatic carbocycles. The minimum atomic E-state index is 0.492. The number of aromatic nitrogens is 1. The van der Waals surface area contributed by atoms with Gasteiger partial charge in [-0.1, -0.05) is 83.9 Å². The van der Waals surface area contributed by atoms with Crippen LogP contribution in [0.25, 0.3) is 44.8 Å². The standard InChI is InChI=1S/C25H15Cl2NO/c26-20-11-19(12-21(27)15-20)25-28-24-22(17-9-5-2-6-10-17)13-18(14-23(24)29-25)16-7-3-1-4-8-16/h1-15H. The number of rotatable bonds is 3. The maximum absolute atomic E-state index is 6.18. The Hall–Kier alpha value is -3.07.